The molecule has 0 amide bonds. The van der Waals surface area contributed by atoms with Crippen molar-refractivity contribution in [3.8, 4) is 0 Å². The van der Waals surface area contributed by atoms with Crippen LogP contribution in [0.4, 0.5) is 4.39 Å². The fourth-order valence-corrected chi connectivity index (χ4v) is 1.37. The van der Waals surface area contributed by atoms with Gasteiger partial charge >= 0.3 is 5.97 Å². The Balaban J connectivity index is 2.39. The lowest BCUT2D eigenvalue weighted by molar-refractivity contribution is -0.140. The van der Waals surface area contributed by atoms with Crippen molar-refractivity contribution < 1.29 is 18.4 Å². The Morgan fingerprint density at radius 2 is 2.00 bits per heavy atom. The predicted octanol–water partition coefficient (Wildman–Crippen LogP) is 2.73. The number of carbonyl (C=O) groups excluding carboxylic acids is 1. The summed E-state index contributed by atoms with van der Waals surface area (Å²) < 4.78 is 18.1. The largest absolute Gasteiger partial charge is 0.463 e. The van der Waals surface area contributed by atoms with Gasteiger partial charge in [0.1, 0.15) is 5.82 Å². The summed E-state index contributed by atoms with van der Waals surface area (Å²) in [5.74, 6) is -0.464. The fraction of sp³-hybridized carbons (Fsp3) is 0.0769. The second-order valence-electron chi connectivity index (χ2n) is 3.51. The molecule has 0 aliphatic carbocycles. The highest BCUT2D eigenvalue weighted by Gasteiger charge is 2.11. The molecular formula is C13H10FNO3. The van der Waals surface area contributed by atoms with Crippen LogP contribution in [0.15, 0.2) is 52.2 Å². The van der Waals surface area contributed by atoms with E-state index in [0.717, 1.165) is 0 Å². The van der Waals surface area contributed by atoms with Crippen molar-refractivity contribution in [1.29, 1.82) is 0 Å². The summed E-state index contributed by atoms with van der Waals surface area (Å²) >= 11 is 0. The summed E-state index contributed by atoms with van der Waals surface area (Å²) in [5, 5.41) is 3.72. The number of oxime groups is 1. The van der Waals surface area contributed by atoms with Crippen molar-refractivity contribution in [2.45, 2.75) is 6.92 Å². The molecule has 0 unspecified atom stereocenters. The normalized spacial score (nSPS) is 11.3. The molecular weight excluding hydrogens is 237 g/mol. The number of halogens is 1. The van der Waals surface area contributed by atoms with Crippen LogP contribution >= 0.6 is 0 Å². The summed E-state index contributed by atoms with van der Waals surface area (Å²) in [7, 11) is 0. The zero-order chi connectivity index (χ0) is 13.0. The lowest BCUT2D eigenvalue weighted by atomic mass is 10.1. The highest BCUT2D eigenvalue weighted by atomic mass is 19.1. The minimum atomic E-state index is -0.541. The summed E-state index contributed by atoms with van der Waals surface area (Å²) in [6.07, 6.45) is 1.47. The number of hydrogen-bond donors (Lipinski definition) is 0. The zero-order valence-electron chi connectivity index (χ0n) is 9.59. The van der Waals surface area contributed by atoms with Gasteiger partial charge < -0.3 is 9.25 Å². The van der Waals surface area contributed by atoms with Gasteiger partial charge in [-0.05, 0) is 36.4 Å². The van der Waals surface area contributed by atoms with E-state index in [1.807, 2.05) is 0 Å². The van der Waals surface area contributed by atoms with Crippen molar-refractivity contribution in [3.63, 3.8) is 0 Å². The number of benzene rings is 1. The minimum Gasteiger partial charge on any atom is -0.463 e. The van der Waals surface area contributed by atoms with Crippen LogP contribution < -0.4 is 0 Å². The molecule has 0 atom stereocenters. The van der Waals surface area contributed by atoms with Gasteiger partial charge in [0.25, 0.3) is 0 Å². The highest BCUT2D eigenvalue weighted by Crippen LogP contribution is 2.13. The minimum absolute atomic E-state index is 0.329. The quantitative estimate of drug-likeness (QED) is 0.476. The third kappa shape index (κ3) is 2.82. The van der Waals surface area contributed by atoms with Gasteiger partial charge in [0, 0.05) is 12.5 Å². The van der Waals surface area contributed by atoms with Crippen molar-refractivity contribution in [3.05, 3.63) is 59.8 Å². The van der Waals surface area contributed by atoms with Crippen LogP contribution in [-0.2, 0) is 9.63 Å². The van der Waals surface area contributed by atoms with Gasteiger partial charge in [0.2, 0.25) is 0 Å². The molecule has 0 saturated heterocycles. The molecule has 0 spiro atoms. The standard InChI is InChI=1S/C13H10FNO3/c1-9(16)18-15-13(12-3-2-8-17-12)10-4-6-11(14)7-5-10/h2-8H,1H3/b15-13-. The van der Waals surface area contributed by atoms with E-state index in [2.05, 4.69) is 9.99 Å². The van der Waals surface area contributed by atoms with E-state index in [0.29, 0.717) is 17.0 Å². The van der Waals surface area contributed by atoms with E-state index in [1.54, 1.807) is 12.1 Å². The molecule has 1 aromatic carbocycles. The maximum Gasteiger partial charge on any atom is 0.332 e. The van der Waals surface area contributed by atoms with Crippen molar-refractivity contribution in [2.75, 3.05) is 0 Å². The molecule has 0 aliphatic heterocycles. The third-order valence-corrected chi connectivity index (χ3v) is 2.14. The first-order valence-corrected chi connectivity index (χ1v) is 5.22. The molecule has 2 rings (SSSR count). The monoisotopic (exact) mass is 247 g/mol. The van der Waals surface area contributed by atoms with Gasteiger partial charge in [-0.1, -0.05) is 5.16 Å². The third-order valence-electron chi connectivity index (χ3n) is 2.14. The van der Waals surface area contributed by atoms with Crippen molar-refractivity contribution in [1.82, 2.24) is 0 Å². The first kappa shape index (κ1) is 12.0. The number of rotatable bonds is 3. The average molecular weight is 247 g/mol. The SMILES string of the molecule is CC(=O)O/N=C(/c1ccc(F)cc1)c1ccco1. The van der Waals surface area contributed by atoms with Crippen LogP contribution in [-0.4, -0.2) is 11.7 Å². The maximum atomic E-state index is 12.9. The van der Waals surface area contributed by atoms with E-state index in [4.69, 9.17) is 4.42 Å². The van der Waals surface area contributed by atoms with Gasteiger partial charge in [0.05, 0.1) is 6.26 Å². The smallest absolute Gasteiger partial charge is 0.332 e. The fourth-order valence-electron chi connectivity index (χ4n) is 1.37. The van der Waals surface area contributed by atoms with Crippen LogP contribution in [0.25, 0.3) is 0 Å². The lowest BCUT2D eigenvalue weighted by Gasteiger charge is -2.02. The molecule has 5 heteroatoms. The van der Waals surface area contributed by atoms with E-state index in [1.165, 1.54) is 37.5 Å². The summed E-state index contributed by atoms with van der Waals surface area (Å²) in [4.78, 5) is 15.4. The maximum absolute atomic E-state index is 12.9. The van der Waals surface area contributed by atoms with E-state index < -0.39 is 5.97 Å². The van der Waals surface area contributed by atoms with Gasteiger partial charge in [-0.3, -0.25) is 0 Å². The molecule has 0 saturated carbocycles. The van der Waals surface area contributed by atoms with Crippen LogP contribution in [0, 0.1) is 5.82 Å². The first-order valence-electron chi connectivity index (χ1n) is 5.22. The Hall–Kier alpha value is -2.43. The first-order chi connectivity index (χ1) is 8.66. The van der Waals surface area contributed by atoms with Crippen LogP contribution in [0.2, 0.25) is 0 Å². The number of hydrogen-bond acceptors (Lipinski definition) is 4. The molecule has 1 aromatic heterocycles. The molecule has 0 fully saturated rings. The average Bonchev–Trinajstić information content (AvgIpc) is 2.85. The second-order valence-corrected chi connectivity index (χ2v) is 3.51. The lowest BCUT2D eigenvalue weighted by Crippen LogP contribution is -2.05. The molecule has 0 radical (unpaired) electrons. The van der Waals surface area contributed by atoms with E-state index in [9.17, 15) is 9.18 Å². The Morgan fingerprint density at radius 3 is 2.56 bits per heavy atom. The summed E-state index contributed by atoms with van der Waals surface area (Å²) in [5.41, 5.74) is 0.919. The van der Waals surface area contributed by atoms with E-state index >= 15 is 0 Å². The number of nitrogens with zero attached hydrogens (tertiary/aromatic N) is 1. The molecule has 1 heterocycles. The Morgan fingerprint density at radius 1 is 1.28 bits per heavy atom. The van der Waals surface area contributed by atoms with Crippen LogP contribution in [0.5, 0.6) is 0 Å². The predicted molar refractivity (Wildman–Crippen MR) is 62.5 cm³/mol. The van der Waals surface area contributed by atoms with Crippen LogP contribution in [0.3, 0.4) is 0 Å². The van der Waals surface area contributed by atoms with Gasteiger partial charge in [-0.2, -0.15) is 0 Å². The topological polar surface area (TPSA) is 51.8 Å². The highest BCUT2D eigenvalue weighted by molar-refractivity contribution is 6.11. The number of carbonyl (C=O) groups is 1. The van der Waals surface area contributed by atoms with Gasteiger partial charge in [-0.25, -0.2) is 9.18 Å². The molecule has 2 aromatic rings. The molecule has 0 aliphatic rings. The van der Waals surface area contributed by atoms with Gasteiger partial charge in [0.15, 0.2) is 11.5 Å². The van der Waals surface area contributed by atoms with Crippen LogP contribution in [0.1, 0.15) is 18.2 Å². The summed E-state index contributed by atoms with van der Waals surface area (Å²) in [6.45, 7) is 1.24. The molecule has 0 bridgehead atoms. The Labute approximate surface area is 103 Å². The van der Waals surface area contributed by atoms with Crippen molar-refractivity contribution >= 4 is 11.7 Å². The molecule has 92 valence electrons. The number of furan rings is 1. The van der Waals surface area contributed by atoms with Gasteiger partial charge in [-0.15, -0.1) is 0 Å². The van der Waals surface area contributed by atoms with Crippen molar-refractivity contribution in [2.24, 2.45) is 5.16 Å². The summed E-state index contributed by atoms with van der Waals surface area (Å²) in [6, 6.07) is 9.00. The molecule has 18 heavy (non-hydrogen) atoms. The molecule has 4 nitrogen and oxygen atoms in total. The Bertz CT molecular complexity index is 558. The Kier molecular flexibility index (Phi) is 3.52. The molecule has 0 N–H and O–H groups in total. The van der Waals surface area contributed by atoms with E-state index in [-0.39, 0.29) is 5.82 Å². The second kappa shape index (κ2) is 5.27. The zero-order valence-corrected chi connectivity index (χ0v) is 9.59.